The maximum atomic E-state index is 13.2. The van der Waals surface area contributed by atoms with Gasteiger partial charge in [0, 0.05) is 26.8 Å². The van der Waals surface area contributed by atoms with Crippen molar-refractivity contribution in [1.82, 2.24) is 21.3 Å². The maximum absolute atomic E-state index is 13.2. The van der Waals surface area contributed by atoms with Crippen LogP contribution in [0.1, 0.15) is 73.6 Å². The summed E-state index contributed by atoms with van der Waals surface area (Å²) in [7, 11) is 0. The van der Waals surface area contributed by atoms with E-state index in [0.717, 1.165) is 6.21 Å². The topological polar surface area (TPSA) is 198 Å². The van der Waals surface area contributed by atoms with Crippen LogP contribution in [0.15, 0.2) is 0 Å². The highest BCUT2D eigenvalue weighted by Crippen LogP contribution is 2.09. The van der Waals surface area contributed by atoms with Gasteiger partial charge >= 0.3 is 12.2 Å². The summed E-state index contributed by atoms with van der Waals surface area (Å²) >= 11 is 0. The molecule has 208 valence electrons. The predicted octanol–water partition coefficient (Wildman–Crippen LogP) is 0.0340. The molecule has 3 atom stereocenters. The van der Waals surface area contributed by atoms with Crippen LogP contribution in [0.3, 0.4) is 0 Å². The molecule has 1 unspecified atom stereocenters. The fourth-order valence-electron chi connectivity index (χ4n) is 3.28. The van der Waals surface area contributed by atoms with E-state index in [1.165, 1.54) is 13.8 Å². The zero-order chi connectivity index (χ0) is 28.5. The first-order valence-corrected chi connectivity index (χ1v) is 12.3. The number of hydrogen-bond donors (Lipinski definition) is 5. The van der Waals surface area contributed by atoms with Crippen LogP contribution in [0.4, 0.5) is 0 Å². The van der Waals surface area contributed by atoms with Gasteiger partial charge in [0.1, 0.15) is 18.1 Å². The molecule has 37 heavy (non-hydrogen) atoms. The van der Waals surface area contributed by atoms with Gasteiger partial charge in [0.15, 0.2) is 0 Å². The first-order valence-electron chi connectivity index (χ1n) is 12.3. The number of nitrogens with one attached hydrogen (secondary N) is 5. The number of ether oxygens (including phenoxy) is 1. The van der Waals surface area contributed by atoms with E-state index in [0.29, 0.717) is 19.4 Å². The van der Waals surface area contributed by atoms with E-state index in [2.05, 4.69) is 26.1 Å². The molecule has 13 nitrogen and oxygen atoms in total. The van der Waals surface area contributed by atoms with Gasteiger partial charge in [-0.25, -0.2) is 4.79 Å². The minimum atomic E-state index is -1.17. The third-order valence-electron chi connectivity index (χ3n) is 5.08. The van der Waals surface area contributed by atoms with Crippen molar-refractivity contribution in [2.24, 2.45) is 5.92 Å². The number of Topliss-reactive ketones (excluding diaryl/α,β-unsaturated/α-hetero) is 1. The van der Waals surface area contributed by atoms with Gasteiger partial charge in [0.05, 0.1) is 16.4 Å². The lowest BCUT2D eigenvalue weighted by molar-refractivity contribution is -0.152. The monoisotopic (exact) mass is 525 g/mol. The zero-order valence-electron chi connectivity index (χ0n) is 22.5. The van der Waals surface area contributed by atoms with Crippen molar-refractivity contribution in [3.63, 3.8) is 0 Å². The molecule has 0 radical (unpaired) electrons. The Bertz CT molecular complexity index is 868. The quantitative estimate of drug-likeness (QED) is 0.0580. The van der Waals surface area contributed by atoms with Crippen molar-refractivity contribution in [3.8, 4) is 0 Å². The number of unbranched alkanes of at least 4 members (excludes halogenated alkanes) is 1. The van der Waals surface area contributed by atoms with Gasteiger partial charge in [-0.15, -0.1) is 0 Å². The Morgan fingerprint density at radius 3 is 1.97 bits per heavy atom. The molecule has 0 aromatic heterocycles. The number of amides is 4. The first kappa shape index (κ1) is 33.4. The zero-order valence-corrected chi connectivity index (χ0v) is 22.5. The molecule has 0 fully saturated rings. The second kappa shape index (κ2) is 17.8. The third-order valence-corrected chi connectivity index (χ3v) is 5.08. The van der Waals surface area contributed by atoms with E-state index in [9.17, 15) is 28.8 Å². The molecule has 5 N–H and O–H groups in total. The molecule has 4 amide bonds. The van der Waals surface area contributed by atoms with Crippen molar-refractivity contribution in [2.75, 3.05) is 6.54 Å². The number of ketones is 1. The van der Waals surface area contributed by atoms with E-state index < -0.39 is 53.7 Å². The Balaban J connectivity index is 5.67. The van der Waals surface area contributed by atoms with Gasteiger partial charge in [0.2, 0.25) is 29.4 Å². The third kappa shape index (κ3) is 15.2. The van der Waals surface area contributed by atoms with Gasteiger partial charge in [-0.1, -0.05) is 13.8 Å². The second-order valence-corrected chi connectivity index (χ2v) is 9.27. The summed E-state index contributed by atoms with van der Waals surface area (Å²) in [5.41, 5.74) is 6.75. The number of carbonyl (C=O) groups is 6. The van der Waals surface area contributed by atoms with Gasteiger partial charge in [-0.2, -0.15) is 0 Å². The molecule has 0 bridgehead atoms. The van der Waals surface area contributed by atoms with Crippen LogP contribution in [0.5, 0.6) is 0 Å². The van der Waals surface area contributed by atoms with Gasteiger partial charge < -0.3 is 26.0 Å². The molecule has 0 heterocycles. The van der Waals surface area contributed by atoms with Gasteiger partial charge in [-0.05, 0) is 45.4 Å². The predicted molar refractivity (Wildman–Crippen MR) is 133 cm³/mol. The molecular formula is C24H41N6O7+. The molecule has 0 rings (SSSR count). The van der Waals surface area contributed by atoms with Crippen molar-refractivity contribution in [3.05, 3.63) is 0 Å². The normalized spacial score (nSPS) is 13.0. The Morgan fingerprint density at radius 2 is 1.46 bits per heavy atom. The smallest absolute Gasteiger partial charge is 0.372 e. The van der Waals surface area contributed by atoms with Crippen LogP contribution >= 0.6 is 0 Å². The molecule has 0 spiro atoms. The Morgan fingerprint density at radius 1 is 0.838 bits per heavy atom. The molecule has 0 aromatic carbocycles. The average Bonchev–Trinajstić information content (AvgIpc) is 2.77. The van der Waals surface area contributed by atoms with Crippen LogP contribution in [0, 0.1) is 11.4 Å². The number of nitrogens with zero attached hydrogens (tertiary/aromatic N) is 1. The van der Waals surface area contributed by atoms with E-state index in [4.69, 9.17) is 10.3 Å². The molecule has 0 aliphatic carbocycles. The van der Waals surface area contributed by atoms with Crippen LogP contribution < -0.4 is 21.3 Å². The lowest BCUT2D eigenvalue weighted by Gasteiger charge is -2.26. The summed E-state index contributed by atoms with van der Waals surface area (Å²) in [5.74, 6) is -3.30. The average molecular weight is 526 g/mol. The highest BCUT2D eigenvalue weighted by Gasteiger charge is 2.31. The molecule has 0 saturated carbocycles. The highest BCUT2D eigenvalue weighted by atomic mass is 16.5. The maximum Gasteiger partial charge on any atom is 0.372 e. The molecule has 13 heteroatoms. The molecule has 0 aliphatic heterocycles. The SMILES string of the molecule is CC(=O)NCCCC[C@H](NC(=O)C(NC(C)=O)C(C)C)C(=O)N[C@@H](CCC(=O)C=[N+]=N)C(=O)OC(C)C. The molecule has 0 aromatic rings. The largest absolute Gasteiger partial charge is 0.461 e. The van der Waals surface area contributed by atoms with E-state index in [1.54, 1.807) is 27.7 Å². The standard InChI is InChI=1S/C24H40N6O7/c1-14(2)21(28-17(6)32)23(35)29-19(9-7-8-12-26-16(5)31)22(34)30-20(24(36)37-15(3)4)11-10-18(33)13-27-25/h13-15,19-21,25H,7-12H2,1-6H3,(H3-,26,28,29,30,31,32,34,35)/p+1/t19-,20-,21?/m0/s1. The Kier molecular flexibility index (Phi) is 16.0. The van der Waals surface area contributed by atoms with Gasteiger partial charge in [-0.3, -0.25) is 24.0 Å². The number of rotatable bonds is 17. The van der Waals surface area contributed by atoms with E-state index in [-0.39, 0.29) is 31.1 Å². The van der Waals surface area contributed by atoms with Crippen molar-refractivity contribution in [2.45, 2.75) is 97.9 Å². The van der Waals surface area contributed by atoms with Crippen molar-refractivity contribution in [1.29, 1.82) is 5.53 Å². The summed E-state index contributed by atoms with van der Waals surface area (Å²) in [6, 6.07) is -3.11. The fourth-order valence-corrected chi connectivity index (χ4v) is 3.28. The second-order valence-electron chi connectivity index (χ2n) is 9.27. The first-order chi connectivity index (χ1) is 17.3. The van der Waals surface area contributed by atoms with Crippen molar-refractivity contribution < 1.29 is 38.3 Å². The minimum Gasteiger partial charge on any atom is -0.461 e. The molecule has 0 saturated heterocycles. The number of hydrogen-bond acceptors (Lipinski definition) is 8. The van der Waals surface area contributed by atoms with Crippen LogP contribution in [0.2, 0.25) is 0 Å². The van der Waals surface area contributed by atoms with Crippen LogP contribution in [-0.2, 0) is 33.5 Å². The lowest BCUT2D eigenvalue weighted by Crippen LogP contribution is -2.57. The van der Waals surface area contributed by atoms with E-state index in [1.807, 2.05) is 0 Å². The molecular weight excluding hydrogens is 484 g/mol. The summed E-state index contributed by atoms with van der Waals surface area (Å²) in [5, 5.41) is 10.4. The van der Waals surface area contributed by atoms with Gasteiger partial charge in [0.25, 0.3) is 0 Å². The van der Waals surface area contributed by atoms with E-state index >= 15 is 0 Å². The summed E-state index contributed by atoms with van der Waals surface area (Å²) < 4.78 is 5.20. The molecule has 0 aliphatic rings. The number of carbonyl (C=O) groups excluding carboxylic acids is 6. The number of esters is 1. The minimum absolute atomic E-state index is 0.0914. The fraction of sp³-hybridized carbons (Fsp3) is 0.708. The Hall–Kier alpha value is -3.60. The lowest BCUT2D eigenvalue weighted by atomic mass is 10.0. The summed E-state index contributed by atoms with van der Waals surface area (Å²) in [6.45, 7) is 9.84. The Labute approximate surface area is 217 Å². The van der Waals surface area contributed by atoms with Crippen LogP contribution in [-0.4, -0.2) is 77.2 Å². The highest BCUT2D eigenvalue weighted by molar-refractivity contribution is 6.25. The van der Waals surface area contributed by atoms with Crippen LogP contribution in [0.25, 0.3) is 0 Å². The summed E-state index contributed by atoms with van der Waals surface area (Å²) in [6.07, 6.45) is 1.28. The van der Waals surface area contributed by atoms with Crippen molar-refractivity contribution >= 4 is 41.6 Å². The summed E-state index contributed by atoms with van der Waals surface area (Å²) in [4.78, 5) is 76.1.